The minimum atomic E-state index is -0.594. The molecule has 2 aromatic heterocycles. The summed E-state index contributed by atoms with van der Waals surface area (Å²) in [6.07, 6.45) is 3.47. The van der Waals surface area contributed by atoms with Crippen LogP contribution in [-0.2, 0) is 6.54 Å². The second-order valence-corrected chi connectivity index (χ2v) is 6.02. The zero-order valence-corrected chi connectivity index (χ0v) is 14.0. The van der Waals surface area contributed by atoms with Crippen LogP contribution in [0.25, 0.3) is 5.69 Å². The maximum Gasteiger partial charge on any atom is 0.132 e. The summed E-state index contributed by atoms with van der Waals surface area (Å²) in [5.41, 5.74) is 2.20. The summed E-state index contributed by atoms with van der Waals surface area (Å²) in [7, 11) is 0. The first-order valence-electron chi connectivity index (χ1n) is 8.18. The van der Waals surface area contributed by atoms with E-state index >= 15 is 0 Å². The molecule has 2 heterocycles. The van der Waals surface area contributed by atoms with E-state index in [-0.39, 0.29) is 6.04 Å². The highest BCUT2D eigenvalue weighted by Crippen LogP contribution is 2.19. The van der Waals surface area contributed by atoms with E-state index in [0.29, 0.717) is 18.7 Å². The van der Waals surface area contributed by atoms with Crippen molar-refractivity contribution in [2.75, 3.05) is 0 Å². The second kappa shape index (κ2) is 7.47. The Morgan fingerprint density at radius 3 is 2.71 bits per heavy atom. The predicted octanol–water partition coefficient (Wildman–Crippen LogP) is 3.38. The Hall–Kier alpha value is -2.37. The quantitative estimate of drug-likeness (QED) is 0.699. The molecule has 0 radical (unpaired) electrons. The number of para-hydroxylation sites is 1. The number of nitrogens with zero attached hydrogens (tertiary/aromatic N) is 2. The van der Waals surface area contributed by atoms with Crippen LogP contribution < -0.4 is 5.32 Å². The molecule has 5 nitrogen and oxygen atoms in total. The third-order valence-electron chi connectivity index (χ3n) is 4.11. The van der Waals surface area contributed by atoms with E-state index in [1.165, 1.54) is 0 Å². The van der Waals surface area contributed by atoms with Crippen molar-refractivity contribution in [1.29, 1.82) is 0 Å². The number of aliphatic hydroxyl groups excluding tert-OH is 1. The fraction of sp³-hybridized carbons (Fsp3) is 0.316. The van der Waals surface area contributed by atoms with Gasteiger partial charge in [0.1, 0.15) is 17.7 Å². The van der Waals surface area contributed by atoms with Gasteiger partial charge < -0.3 is 14.8 Å². The van der Waals surface area contributed by atoms with Crippen LogP contribution in [0.4, 0.5) is 0 Å². The van der Waals surface area contributed by atoms with Gasteiger partial charge in [0.25, 0.3) is 0 Å². The molecule has 2 N–H and O–H groups in total. The van der Waals surface area contributed by atoms with Crippen LogP contribution in [-0.4, -0.2) is 20.7 Å². The normalized spacial score (nSPS) is 13.8. The Bertz CT molecular complexity index is 750. The van der Waals surface area contributed by atoms with Crippen molar-refractivity contribution in [3.05, 3.63) is 72.2 Å². The van der Waals surface area contributed by atoms with Crippen LogP contribution in [0, 0.1) is 6.92 Å². The Morgan fingerprint density at radius 1 is 1.21 bits per heavy atom. The number of aliphatic hydroxyl groups is 1. The molecule has 0 saturated heterocycles. The van der Waals surface area contributed by atoms with Gasteiger partial charge >= 0.3 is 0 Å². The molecule has 0 amide bonds. The van der Waals surface area contributed by atoms with Crippen LogP contribution >= 0.6 is 0 Å². The maximum absolute atomic E-state index is 10.2. The lowest BCUT2D eigenvalue weighted by Gasteiger charge is -2.17. The lowest BCUT2D eigenvalue weighted by molar-refractivity contribution is 0.128. The van der Waals surface area contributed by atoms with E-state index in [4.69, 9.17) is 4.42 Å². The molecule has 5 heteroatoms. The van der Waals surface area contributed by atoms with E-state index in [1.807, 2.05) is 31.3 Å². The molecule has 0 aliphatic rings. The van der Waals surface area contributed by atoms with Gasteiger partial charge in [0.15, 0.2) is 0 Å². The van der Waals surface area contributed by atoms with Crippen LogP contribution in [0.1, 0.15) is 36.7 Å². The SMILES string of the molecule is Cc1ncc(CNC(C)CC(O)c2ccco2)n1-c1ccccc1. The topological polar surface area (TPSA) is 63.2 Å². The lowest BCUT2D eigenvalue weighted by atomic mass is 10.1. The highest BCUT2D eigenvalue weighted by molar-refractivity contribution is 5.35. The minimum absolute atomic E-state index is 0.143. The Labute approximate surface area is 142 Å². The summed E-state index contributed by atoms with van der Waals surface area (Å²) in [4.78, 5) is 4.43. The molecule has 24 heavy (non-hydrogen) atoms. The molecule has 0 aliphatic heterocycles. The van der Waals surface area contributed by atoms with Crippen LogP contribution in [0.15, 0.2) is 59.3 Å². The molecule has 2 unspecified atom stereocenters. The predicted molar refractivity (Wildman–Crippen MR) is 92.9 cm³/mol. The van der Waals surface area contributed by atoms with Crippen molar-refractivity contribution in [2.45, 2.75) is 39.0 Å². The molecule has 0 saturated carbocycles. The van der Waals surface area contributed by atoms with Gasteiger partial charge in [-0.1, -0.05) is 18.2 Å². The Kier molecular flexibility index (Phi) is 5.13. The van der Waals surface area contributed by atoms with Crippen LogP contribution in [0.5, 0.6) is 0 Å². The number of hydrogen-bond acceptors (Lipinski definition) is 4. The maximum atomic E-state index is 10.2. The number of rotatable bonds is 7. The molecule has 126 valence electrons. The Balaban J connectivity index is 1.63. The number of nitrogens with one attached hydrogen (secondary N) is 1. The average molecular weight is 325 g/mol. The molecule has 1 aromatic carbocycles. The van der Waals surface area contributed by atoms with E-state index < -0.39 is 6.10 Å². The van der Waals surface area contributed by atoms with Crippen molar-refractivity contribution in [3.8, 4) is 5.69 Å². The van der Waals surface area contributed by atoms with Crippen molar-refractivity contribution < 1.29 is 9.52 Å². The average Bonchev–Trinajstić information content (AvgIpc) is 3.23. The number of aromatic nitrogens is 2. The number of imidazole rings is 1. The molecular weight excluding hydrogens is 302 g/mol. The first-order chi connectivity index (χ1) is 11.6. The largest absolute Gasteiger partial charge is 0.467 e. The molecule has 3 rings (SSSR count). The van der Waals surface area contributed by atoms with Crippen molar-refractivity contribution in [1.82, 2.24) is 14.9 Å². The van der Waals surface area contributed by atoms with Gasteiger partial charge in [-0.05, 0) is 44.5 Å². The third kappa shape index (κ3) is 3.75. The Morgan fingerprint density at radius 2 is 2.00 bits per heavy atom. The van der Waals surface area contributed by atoms with E-state index in [9.17, 15) is 5.11 Å². The second-order valence-electron chi connectivity index (χ2n) is 6.02. The molecular formula is C19H23N3O2. The zero-order valence-electron chi connectivity index (χ0n) is 14.0. The van der Waals surface area contributed by atoms with Crippen molar-refractivity contribution in [2.24, 2.45) is 0 Å². The van der Waals surface area contributed by atoms with E-state index in [0.717, 1.165) is 17.2 Å². The first kappa shape index (κ1) is 16.5. The van der Waals surface area contributed by atoms with E-state index in [2.05, 4.69) is 33.9 Å². The molecule has 0 spiro atoms. The van der Waals surface area contributed by atoms with Gasteiger partial charge in [0.05, 0.1) is 18.2 Å². The zero-order chi connectivity index (χ0) is 16.9. The standard InChI is InChI=1S/C19H23N3O2/c1-14(11-18(23)19-9-6-10-24-19)20-12-17-13-21-15(2)22(17)16-7-4-3-5-8-16/h3-10,13-14,18,20,23H,11-12H2,1-2H3. The molecule has 0 bridgehead atoms. The highest BCUT2D eigenvalue weighted by atomic mass is 16.4. The van der Waals surface area contributed by atoms with Crippen LogP contribution in [0.3, 0.4) is 0 Å². The van der Waals surface area contributed by atoms with Crippen molar-refractivity contribution >= 4 is 0 Å². The summed E-state index contributed by atoms with van der Waals surface area (Å²) in [6.45, 7) is 4.74. The van der Waals surface area contributed by atoms with Gasteiger partial charge in [-0.3, -0.25) is 4.57 Å². The number of aryl methyl sites for hydroxylation is 1. The van der Waals surface area contributed by atoms with Gasteiger partial charge in [-0.25, -0.2) is 4.98 Å². The number of benzene rings is 1. The number of furan rings is 1. The van der Waals surface area contributed by atoms with E-state index in [1.54, 1.807) is 18.4 Å². The van der Waals surface area contributed by atoms with Gasteiger partial charge in [0.2, 0.25) is 0 Å². The highest BCUT2D eigenvalue weighted by Gasteiger charge is 2.15. The summed E-state index contributed by atoms with van der Waals surface area (Å²) in [6, 6.07) is 13.9. The third-order valence-corrected chi connectivity index (χ3v) is 4.11. The molecule has 0 fully saturated rings. The monoisotopic (exact) mass is 325 g/mol. The summed E-state index contributed by atoms with van der Waals surface area (Å²) in [5.74, 6) is 1.56. The summed E-state index contributed by atoms with van der Waals surface area (Å²) in [5, 5.41) is 13.6. The smallest absolute Gasteiger partial charge is 0.132 e. The molecule has 3 aromatic rings. The van der Waals surface area contributed by atoms with Gasteiger partial charge in [0, 0.05) is 18.3 Å². The fourth-order valence-corrected chi connectivity index (χ4v) is 2.84. The summed E-state index contributed by atoms with van der Waals surface area (Å²) >= 11 is 0. The van der Waals surface area contributed by atoms with Crippen LogP contribution in [0.2, 0.25) is 0 Å². The van der Waals surface area contributed by atoms with Gasteiger partial charge in [-0.15, -0.1) is 0 Å². The molecule has 0 aliphatic carbocycles. The van der Waals surface area contributed by atoms with Gasteiger partial charge in [-0.2, -0.15) is 0 Å². The fourth-order valence-electron chi connectivity index (χ4n) is 2.84. The summed E-state index contributed by atoms with van der Waals surface area (Å²) < 4.78 is 7.39. The number of hydrogen-bond donors (Lipinski definition) is 2. The molecule has 2 atom stereocenters. The first-order valence-corrected chi connectivity index (χ1v) is 8.18. The minimum Gasteiger partial charge on any atom is -0.467 e. The lowest BCUT2D eigenvalue weighted by Crippen LogP contribution is -2.28. The van der Waals surface area contributed by atoms with Crippen molar-refractivity contribution in [3.63, 3.8) is 0 Å².